The van der Waals surface area contributed by atoms with E-state index in [1.807, 2.05) is 0 Å². The molecule has 2 N–H and O–H groups in total. The van der Waals surface area contributed by atoms with E-state index >= 15 is 0 Å². The first kappa shape index (κ1) is 19.7. The zero-order valence-electron chi connectivity index (χ0n) is 14.2. The zero-order valence-corrected chi connectivity index (χ0v) is 14.2. The molecule has 2 amide bonds. The fourth-order valence-electron chi connectivity index (χ4n) is 2.76. The summed E-state index contributed by atoms with van der Waals surface area (Å²) in [7, 11) is 1.42. The third-order valence-corrected chi connectivity index (χ3v) is 4.07. The highest BCUT2D eigenvalue weighted by atomic mass is 19.4. The minimum atomic E-state index is -4.70. The molecule has 2 atom stereocenters. The van der Waals surface area contributed by atoms with Crippen LogP contribution in [-0.4, -0.2) is 55.0 Å². The summed E-state index contributed by atoms with van der Waals surface area (Å²) in [6.07, 6.45) is -4.70. The van der Waals surface area contributed by atoms with Crippen LogP contribution in [0.4, 0.5) is 23.7 Å². The first-order chi connectivity index (χ1) is 12.2. The number of hydrogen-bond acceptors (Lipinski definition) is 4. The molecule has 0 radical (unpaired) electrons. The highest BCUT2D eigenvalue weighted by Crippen LogP contribution is 2.38. The van der Waals surface area contributed by atoms with E-state index in [9.17, 15) is 22.8 Å². The average molecular weight is 376 g/mol. The maximum Gasteiger partial charge on any atom is 0.394 e. The highest BCUT2D eigenvalue weighted by molar-refractivity contribution is 5.92. The van der Waals surface area contributed by atoms with Crippen LogP contribution in [0.5, 0.6) is 11.5 Å². The number of carboxylic acid groups (broad SMARTS) is 1. The van der Waals surface area contributed by atoms with Crippen molar-refractivity contribution in [3.8, 4) is 11.5 Å². The number of halogens is 3. The smallest absolute Gasteiger partial charge is 0.394 e. The third-order valence-electron chi connectivity index (χ3n) is 4.07. The Labute approximate surface area is 147 Å². The molecule has 1 fully saturated rings. The lowest BCUT2D eigenvalue weighted by atomic mass is 9.96. The number of nitrogens with one attached hydrogen (secondary N) is 1. The van der Waals surface area contributed by atoms with Gasteiger partial charge < -0.3 is 24.8 Å². The molecule has 0 saturated carbocycles. The van der Waals surface area contributed by atoms with E-state index in [0.29, 0.717) is 18.1 Å². The lowest BCUT2D eigenvalue weighted by Crippen LogP contribution is -2.35. The Morgan fingerprint density at radius 3 is 2.54 bits per heavy atom. The van der Waals surface area contributed by atoms with E-state index in [1.54, 1.807) is 19.1 Å². The number of amides is 2. The first-order valence-electron chi connectivity index (χ1n) is 7.83. The predicted molar refractivity (Wildman–Crippen MR) is 85.4 cm³/mol. The highest BCUT2D eigenvalue weighted by Gasteiger charge is 2.53. The number of aliphatic carboxylic acids is 1. The summed E-state index contributed by atoms with van der Waals surface area (Å²) in [5.41, 5.74) is 0.221. The monoisotopic (exact) mass is 376 g/mol. The molecule has 0 aromatic heterocycles. The number of urea groups is 1. The van der Waals surface area contributed by atoms with Crippen LogP contribution in [0.2, 0.25) is 0 Å². The first-order valence-corrected chi connectivity index (χ1v) is 7.83. The Kier molecular flexibility index (Phi) is 5.83. The largest absolute Gasteiger partial charge is 0.497 e. The second-order valence-electron chi connectivity index (χ2n) is 5.72. The fraction of sp³-hybridized carbons (Fsp3) is 0.500. The van der Waals surface area contributed by atoms with Crippen molar-refractivity contribution in [2.24, 2.45) is 11.8 Å². The summed E-state index contributed by atoms with van der Waals surface area (Å²) in [4.78, 5) is 24.3. The molecule has 1 saturated heterocycles. The number of alkyl halides is 3. The Morgan fingerprint density at radius 1 is 1.35 bits per heavy atom. The van der Waals surface area contributed by atoms with E-state index in [2.05, 4.69) is 5.32 Å². The minimum Gasteiger partial charge on any atom is -0.497 e. The molecule has 144 valence electrons. The van der Waals surface area contributed by atoms with Gasteiger partial charge in [0.2, 0.25) is 0 Å². The van der Waals surface area contributed by atoms with Crippen LogP contribution in [-0.2, 0) is 4.79 Å². The van der Waals surface area contributed by atoms with Gasteiger partial charge in [0.25, 0.3) is 0 Å². The molecule has 1 aromatic carbocycles. The molecule has 0 unspecified atom stereocenters. The SMILES string of the molecule is CCOc1ccc(OC)cc1NC(=O)N1C[C@@H](C(F)(F)F)[C@H](C(=O)O)C1. The summed E-state index contributed by atoms with van der Waals surface area (Å²) in [5.74, 6) is -4.65. The minimum absolute atomic E-state index is 0.221. The standard InChI is InChI=1S/C16H19F3N2O5/c1-3-26-13-5-4-9(25-2)6-12(13)20-15(24)21-7-10(14(22)23)11(8-21)16(17,18)19/h4-6,10-11H,3,7-8H2,1-2H3,(H,20,24)(H,22,23)/t10-,11-/m1/s1. The predicted octanol–water partition coefficient (Wildman–Crippen LogP) is 2.82. The summed E-state index contributed by atoms with van der Waals surface area (Å²) >= 11 is 0. The number of nitrogens with zero attached hydrogens (tertiary/aromatic N) is 1. The number of likely N-dealkylation sites (tertiary alicyclic amines) is 1. The van der Waals surface area contributed by atoms with Crippen molar-refractivity contribution in [2.45, 2.75) is 13.1 Å². The van der Waals surface area contributed by atoms with Crippen molar-refractivity contribution in [3.63, 3.8) is 0 Å². The molecular formula is C16H19F3N2O5. The summed E-state index contributed by atoms with van der Waals surface area (Å²) in [6, 6.07) is 3.80. The van der Waals surface area contributed by atoms with Crippen molar-refractivity contribution in [2.75, 3.05) is 32.1 Å². The van der Waals surface area contributed by atoms with Crippen LogP contribution in [0.3, 0.4) is 0 Å². The average Bonchev–Trinajstić information content (AvgIpc) is 3.02. The van der Waals surface area contributed by atoms with E-state index in [4.69, 9.17) is 14.6 Å². The Balaban J connectivity index is 2.19. The molecule has 1 aromatic rings. The van der Waals surface area contributed by atoms with Crippen LogP contribution in [0.1, 0.15) is 6.92 Å². The van der Waals surface area contributed by atoms with Crippen LogP contribution in [0.15, 0.2) is 18.2 Å². The molecule has 0 bridgehead atoms. The maximum atomic E-state index is 13.0. The molecule has 26 heavy (non-hydrogen) atoms. The molecule has 2 rings (SSSR count). The lowest BCUT2D eigenvalue weighted by Gasteiger charge is -2.20. The summed E-state index contributed by atoms with van der Waals surface area (Å²) < 4.78 is 49.5. The molecule has 0 aliphatic carbocycles. The van der Waals surface area contributed by atoms with Gasteiger partial charge in [-0.2, -0.15) is 13.2 Å². The van der Waals surface area contributed by atoms with Gasteiger partial charge in [-0.3, -0.25) is 4.79 Å². The molecule has 10 heteroatoms. The van der Waals surface area contributed by atoms with Crippen LogP contribution >= 0.6 is 0 Å². The number of carboxylic acids is 1. The molecule has 1 aliphatic rings. The van der Waals surface area contributed by atoms with Gasteiger partial charge in [0.05, 0.1) is 31.2 Å². The Hall–Kier alpha value is -2.65. The molecular weight excluding hydrogens is 357 g/mol. The second kappa shape index (κ2) is 7.71. The number of ether oxygens (including phenoxy) is 2. The van der Waals surface area contributed by atoms with Gasteiger partial charge in [-0.05, 0) is 19.1 Å². The number of anilines is 1. The number of hydrogen-bond donors (Lipinski definition) is 2. The zero-order chi connectivity index (χ0) is 19.5. The number of benzene rings is 1. The number of carbonyl (C=O) groups excluding carboxylic acids is 1. The Bertz CT molecular complexity index is 680. The van der Waals surface area contributed by atoms with E-state index < -0.39 is 43.1 Å². The Morgan fingerprint density at radius 2 is 2.04 bits per heavy atom. The maximum absolute atomic E-state index is 13.0. The molecule has 0 spiro atoms. The van der Waals surface area contributed by atoms with Crippen molar-refractivity contribution >= 4 is 17.7 Å². The van der Waals surface area contributed by atoms with Crippen LogP contribution in [0.25, 0.3) is 0 Å². The van der Waals surface area contributed by atoms with Gasteiger partial charge in [-0.15, -0.1) is 0 Å². The topological polar surface area (TPSA) is 88.1 Å². The van der Waals surface area contributed by atoms with Gasteiger partial charge in [0, 0.05) is 19.2 Å². The fourth-order valence-corrected chi connectivity index (χ4v) is 2.76. The van der Waals surface area contributed by atoms with E-state index in [1.165, 1.54) is 13.2 Å². The van der Waals surface area contributed by atoms with E-state index in [-0.39, 0.29) is 5.69 Å². The van der Waals surface area contributed by atoms with Gasteiger partial charge in [-0.25, -0.2) is 4.79 Å². The molecule has 7 nitrogen and oxygen atoms in total. The van der Waals surface area contributed by atoms with Gasteiger partial charge >= 0.3 is 18.2 Å². The van der Waals surface area contributed by atoms with Crippen molar-refractivity contribution < 1.29 is 37.3 Å². The van der Waals surface area contributed by atoms with Crippen LogP contribution in [0, 0.1) is 11.8 Å². The van der Waals surface area contributed by atoms with Crippen molar-refractivity contribution in [1.82, 2.24) is 4.90 Å². The van der Waals surface area contributed by atoms with Gasteiger partial charge in [0.15, 0.2) is 0 Å². The third kappa shape index (κ3) is 4.30. The number of methoxy groups -OCH3 is 1. The molecule has 1 aliphatic heterocycles. The number of rotatable bonds is 5. The summed E-state index contributed by atoms with van der Waals surface area (Å²) in [6.45, 7) is 0.803. The van der Waals surface area contributed by atoms with Gasteiger partial charge in [0.1, 0.15) is 11.5 Å². The lowest BCUT2D eigenvalue weighted by molar-refractivity contribution is -0.187. The quantitative estimate of drug-likeness (QED) is 0.825. The van der Waals surface area contributed by atoms with E-state index in [0.717, 1.165) is 4.90 Å². The second-order valence-corrected chi connectivity index (χ2v) is 5.72. The summed E-state index contributed by atoms with van der Waals surface area (Å²) in [5, 5.41) is 11.5. The molecule has 1 heterocycles. The normalized spacial score (nSPS) is 20.0. The van der Waals surface area contributed by atoms with Gasteiger partial charge in [-0.1, -0.05) is 0 Å². The van der Waals surface area contributed by atoms with Crippen molar-refractivity contribution in [3.05, 3.63) is 18.2 Å². The van der Waals surface area contributed by atoms with Crippen LogP contribution < -0.4 is 14.8 Å². The number of carbonyl (C=O) groups is 2. The van der Waals surface area contributed by atoms with Crippen molar-refractivity contribution in [1.29, 1.82) is 0 Å².